The molecular weight excluding hydrogens is 1040 g/mol. The molecule has 4 aliphatic rings. The molecule has 7 N–H and O–H groups in total. The summed E-state index contributed by atoms with van der Waals surface area (Å²) in [6, 6.07) is 12.3. The van der Waals surface area contributed by atoms with E-state index in [0.717, 1.165) is 77.0 Å². The van der Waals surface area contributed by atoms with Gasteiger partial charge in [0.2, 0.25) is 5.91 Å². The van der Waals surface area contributed by atoms with E-state index in [1.165, 1.54) is 0 Å². The lowest BCUT2D eigenvalue weighted by atomic mass is 9.82. The molecule has 4 fully saturated rings. The number of hydrogen-bond acceptors (Lipinski definition) is 14. The number of ether oxygens (including phenoxy) is 3. The molecular formula is C55H68F6N10O8. The van der Waals surface area contributed by atoms with Crippen LogP contribution in [0.2, 0.25) is 0 Å². The monoisotopic (exact) mass is 1110 g/mol. The van der Waals surface area contributed by atoms with Gasteiger partial charge >= 0.3 is 24.5 Å². The summed E-state index contributed by atoms with van der Waals surface area (Å²) in [7, 11) is 1.79. The van der Waals surface area contributed by atoms with Gasteiger partial charge in [-0.1, -0.05) is 48.2 Å². The molecule has 7 rings (SSSR count). The number of hydrazine groups is 1. The Morgan fingerprint density at radius 2 is 1.33 bits per heavy atom. The lowest BCUT2D eigenvalue weighted by molar-refractivity contribution is -0.221. The fraction of sp³-hybridized carbons (Fsp3) is 0.527. The van der Waals surface area contributed by atoms with Crippen LogP contribution in [0, 0.1) is 22.7 Å². The zero-order valence-corrected chi connectivity index (χ0v) is 44.8. The first-order valence-corrected chi connectivity index (χ1v) is 25.9. The number of alkyl halides is 6. The molecule has 0 radical (unpaired) electrons. The van der Waals surface area contributed by atoms with E-state index in [1.807, 2.05) is 22.8 Å². The first-order chi connectivity index (χ1) is 37.3. The maximum Gasteiger partial charge on any atom is 0.407 e. The number of carbonyl (C=O) groups excluding carboxylic acids is 4. The van der Waals surface area contributed by atoms with Crippen molar-refractivity contribution in [3.63, 3.8) is 0 Å². The Bertz CT molecular complexity index is 2730. The van der Waals surface area contributed by atoms with Gasteiger partial charge in [-0.05, 0) is 107 Å². The van der Waals surface area contributed by atoms with Gasteiger partial charge in [-0.15, -0.1) is 0 Å². The van der Waals surface area contributed by atoms with E-state index in [1.54, 1.807) is 67.0 Å². The van der Waals surface area contributed by atoms with Crippen molar-refractivity contribution in [2.75, 3.05) is 52.0 Å². The van der Waals surface area contributed by atoms with Crippen molar-refractivity contribution >= 4 is 41.7 Å². The molecule has 0 spiro atoms. The molecule has 3 aliphatic heterocycles. The molecule has 3 aromatic rings. The minimum Gasteiger partial charge on any atom is -0.453 e. The van der Waals surface area contributed by atoms with Gasteiger partial charge in [0.05, 0.1) is 62.5 Å². The fourth-order valence-electron chi connectivity index (χ4n) is 9.57. The van der Waals surface area contributed by atoms with E-state index in [0.29, 0.717) is 79.3 Å². The van der Waals surface area contributed by atoms with E-state index in [2.05, 4.69) is 46.8 Å². The summed E-state index contributed by atoms with van der Waals surface area (Å²) in [6.07, 6.45) is -5.80. The van der Waals surface area contributed by atoms with Crippen LogP contribution in [-0.4, -0.2) is 158 Å². The summed E-state index contributed by atoms with van der Waals surface area (Å²) < 4.78 is 102. The summed E-state index contributed by atoms with van der Waals surface area (Å²) in [5.41, 5.74) is 5.82. The number of carbonyl (C=O) groups is 4. The molecule has 1 aliphatic carbocycles. The molecule has 2 bridgehead atoms. The molecule has 428 valence electrons. The van der Waals surface area contributed by atoms with Gasteiger partial charge in [0.25, 0.3) is 5.91 Å². The van der Waals surface area contributed by atoms with Crippen molar-refractivity contribution < 1.29 is 64.8 Å². The Kier molecular flexibility index (Phi) is 18.9. The summed E-state index contributed by atoms with van der Waals surface area (Å²) in [5, 5.41) is 19.6. The first-order valence-electron chi connectivity index (χ1n) is 25.9. The van der Waals surface area contributed by atoms with Gasteiger partial charge in [0.15, 0.2) is 0 Å². The lowest BCUT2D eigenvalue weighted by Crippen LogP contribution is -2.63. The van der Waals surface area contributed by atoms with Crippen LogP contribution in [0.1, 0.15) is 81.2 Å². The number of rotatable bonds is 20. The Morgan fingerprint density at radius 1 is 0.785 bits per heavy atom. The molecule has 1 aromatic heterocycles. The van der Waals surface area contributed by atoms with Crippen LogP contribution in [-0.2, 0) is 36.8 Å². The average Bonchev–Trinajstić information content (AvgIpc) is 4.25. The standard InChI is InChI=1S/C55H68F6N10O8/c1-52(2,54(56,57)58)46(66-50(75)77-5)48(73)65-43(25-34-10-7-33(8-11-34)9-12-35-15-22-45(64-26-35)69-28-39-20-21-40(29-69)71(39)41-31-79-32-41)44(72)30-70(68-49(74)47(67-51(76)78-6)53(3,4)55(59,60)61)27-36-13-16-37(17-14-36)42(62)23-24-63-38-18-19-38/h7-8,10-11,13-17,22-24,26,38-41,43-44,46-47,72H,18-21,25,27-32,62H2,1-6H3,(H,65,73)(H,66,75)(H,67,76)(H,68,74)/t39?,40?,43-,44-,46+,47+/m0/s1. The number of aliphatic imine (C=N–C) groups is 1. The van der Waals surface area contributed by atoms with E-state index in [4.69, 9.17) is 15.5 Å². The highest BCUT2D eigenvalue weighted by Crippen LogP contribution is 2.42. The predicted octanol–water partition coefficient (Wildman–Crippen LogP) is 5.61. The molecule has 2 aromatic carbocycles. The van der Waals surface area contributed by atoms with Gasteiger partial charge in [-0.3, -0.25) is 24.9 Å². The van der Waals surface area contributed by atoms with Gasteiger partial charge in [-0.2, -0.15) is 26.3 Å². The van der Waals surface area contributed by atoms with Gasteiger partial charge in [-0.25, -0.2) is 19.6 Å². The molecule has 4 heterocycles. The number of aliphatic hydroxyl groups is 1. The van der Waals surface area contributed by atoms with Gasteiger partial charge in [0.1, 0.15) is 17.9 Å². The molecule has 4 amide bonds. The van der Waals surface area contributed by atoms with Crippen LogP contribution < -0.4 is 32.0 Å². The minimum absolute atomic E-state index is 0.253. The number of methoxy groups -OCH3 is 2. The topological polar surface area (TPSA) is 225 Å². The minimum atomic E-state index is -5.07. The largest absolute Gasteiger partial charge is 0.453 e. The van der Waals surface area contributed by atoms with Crippen LogP contribution in [0.25, 0.3) is 5.70 Å². The summed E-state index contributed by atoms with van der Waals surface area (Å²) in [6.45, 7) is 5.04. The number of nitrogens with zero attached hydrogens (tertiary/aromatic N) is 5. The highest BCUT2D eigenvalue weighted by Gasteiger charge is 2.57. The number of fused-ring (bicyclic) bond motifs is 2. The second kappa shape index (κ2) is 25.0. The number of aliphatic hydroxyl groups excluding tert-OH is 1. The first kappa shape index (κ1) is 59.7. The molecule has 1 saturated carbocycles. The normalized spacial score (nSPS) is 19.8. The zero-order valence-electron chi connectivity index (χ0n) is 44.8. The highest BCUT2D eigenvalue weighted by molar-refractivity contribution is 5.87. The number of allylic oxidation sites excluding steroid dienone is 1. The van der Waals surface area contributed by atoms with Crippen molar-refractivity contribution in [3.05, 3.63) is 101 Å². The number of hydrogen-bond donors (Lipinski definition) is 6. The van der Waals surface area contributed by atoms with Crippen molar-refractivity contribution in [2.24, 2.45) is 21.6 Å². The third-order valence-corrected chi connectivity index (χ3v) is 15.0. The van der Waals surface area contributed by atoms with Crippen LogP contribution in [0.4, 0.5) is 41.7 Å². The molecule has 18 nitrogen and oxygen atoms in total. The number of nitrogens with one attached hydrogen (secondary N) is 4. The summed E-state index contributed by atoms with van der Waals surface area (Å²) in [4.78, 5) is 67.0. The van der Waals surface area contributed by atoms with Crippen LogP contribution in [0.3, 0.4) is 0 Å². The number of halogens is 6. The fourth-order valence-corrected chi connectivity index (χ4v) is 9.57. The van der Waals surface area contributed by atoms with Crippen molar-refractivity contribution in [1.29, 1.82) is 0 Å². The van der Waals surface area contributed by atoms with Crippen molar-refractivity contribution in [3.8, 4) is 11.8 Å². The van der Waals surface area contributed by atoms with Crippen LogP contribution in [0.15, 0.2) is 77.9 Å². The maximum atomic E-state index is 14.6. The number of benzene rings is 2. The summed E-state index contributed by atoms with van der Waals surface area (Å²) >= 11 is 0. The number of anilines is 1. The zero-order chi connectivity index (χ0) is 57.5. The number of aromatic nitrogens is 1. The smallest absolute Gasteiger partial charge is 0.407 e. The molecule has 3 saturated heterocycles. The SMILES string of the molecule is COC(=O)N[C@H](C(=O)N[C@@H](Cc1ccc(C#Cc2ccc(N3CC4CCC(C3)N4C3COC3)nc2)cc1)[C@@H](O)CN(Cc1ccc(C(N)=CC=NC2CC2)cc1)NC(=O)[C@@H](NC(=O)OC)C(C)(C)C(F)(F)F)C(C)(C)C(F)(F)F. The third kappa shape index (κ3) is 15.1. The van der Waals surface area contributed by atoms with Gasteiger partial charge < -0.3 is 45.9 Å². The average molecular weight is 1110 g/mol. The highest BCUT2D eigenvalue weighted by atomic mass is 19.4. The summed E-state index contributed by atoms with van der Waals surface area (Å²) in [5.74, 6) is 4.28. The number of amides is 4. The molecule has 79 heavy (non-hydrogen) atoms. The Balaban J connectivity index is 1.14. The van der Waals surface area contributed by atoms with E-state index < -0.39 is 78.0 Å². The number of piperazine rings is 1. The third-order valence-electron chi connectivity index (χ3n) is 15.0. The number of nitrogens with two attached hydrogens (primary N) is 1. The number of pyridine rings is 1. The quantitative estimate of drug-likeness (QED) is 0.0351. The Hall–Kier alpha value is -6.94. The van der Waals surface area contributed by atoms with Crippen LogP contribution >= 0.6 is 0 Å². The van der Waals surface area contributed by atoms with E-state index >= 15 is 0 Å². The van der Waals surface area contributed by atoms with Crippen LogP contribution in [0.5, 0.6) is 0 Å². The Morgan fingerprint density at radius 3 is 1.84 bits per heavy atom. The molecule has 24 heteroatoms. The maximum absolute atomic E-state index is 14.6. The van der Waals surface area contributed by atoms with E-state index in [-0.39, 0.29) is 19.0 Å². The predicted molar refractivity (Wildman–Crippen MR) is 281 cm³/mol. The van der Waals surface area contributed by atoms with E-state index in [9.17, 15) is 50.6 Å². The second-order valence-corrected chi connectivity index (χ2v) is 21.4. The Labute approximate surface area is 454 Å². The molecule has 2 unspecified atom stereocenters. The van der Waals surface area contributed by atoms with Crippen molar-refractivity contribution in [1.82, 2.24) is 36.3 Å². The lowest BCUT2D eigenvalue weighted by Gasteiger charge is -2.47. The van der Waals surface area contributed by atoms with Gasteiger partial charge in [0, 0.05) is 67.5 Å². The second-order valence-electron chi connectivity index (χ2n) is 21.4. The number of alkyl carbamates (subject to hydrolysis) is 2. The van der Waals surface area contributed by atoms with Crippen molar-refractivity contribution in [2.45, 2.75) is 127 Å². The molecule has 6 atom stereocenters.